The van der Waals surface area contributed by atoms with Gasteiger partial charge in [-0.1, -0.05) is 0 Å². The number of pyridine rings is 1. The molecule has 2 rings (SSSR count). The predicted octanol–water partition coefficient (Wildman–Crippen LogP) is -0.0855. The number of carbonyl (C=O) groups is 1. The van der Waals surface area contributed by atoms with E-state index in [1.165, 1.54) is 6.20 Å². The number of anilines is 1. The summed E-state index contributed by atoms with van der Waals surface area (Å²) in [6.07, 6.45) is 1.16. The van der Waals surface area contributed by atoms with Crippen LogP contribution in [0, 0.1) is 11.3 Å². The molecular formula is C16H23N5O2. The Morgan fingerprint density at radius 3 is 2.65 bits per heavy atom. The number of amides is 1. The summed E-state index contributed by atoms with van der Waals surface area (Å²) < 4.78 is 0. The van der Waals surface area contributed by atoms with Crippen LogP contribution in [0.15, 0.2) is 18.3 Å². The standard InChI is InChI=1S/C16H23N5O2/c1-13(22)11-20-5-7-21(8-6-20)16(23)12-19(2)15-4-3-14(9-17)10-18-15/h3-4,10,13,22H,5-8,11-12H2,1-2H3/t13-/m1/s1. The number of hydrogen-bond acceptors (Lipinski definition) is 6. The molecule has 0 saturated carbocycles. The van der Waals surface area contributed by atoms with E-state index in [1.54, 1.807) is 24.0 Å². The molecule has 1 saturated heterocycles. The van der Waals surface area contributed by atoms with Gasteiger partial charge >= 0.3 is 0 Å². The Bertz CT molecular complexity index is 559. The van der Waals surface area contributed by atoms with Gasteiger partial charge in [0.15, 0.2) is 0 Å². The molecule has 0 aliphatic carbocycles. The monoisotopic (exact) mass is 317 g/mol. The van der Waals surface area contributed by atoms with E-state index in [0.29, 0.717) is 31.0 Å². The van der Waals surface area contributed by atoms with Gasteiger partial charge in [0.05, 0.1) is 18.2 Å². The summed E-state index contributed by atoms with van der Waals surface area (Å²) in [5.74, 6) is 0.737. The van der Waals surface area contributed by atoms with Crippen LogP contribution in [0.5, 0.6) is 0 Å². The molecule has 0 spiro atoms. The lowest BCUT2D eigenvalue weighted by atomic mass is 10.2. The molecule has 1 aromatic heterocycles. The third kappa shape index (κ3) is 4.91. The Hall–Kier alpha value is -2.17. The molecule has 1 aliphatic rings. The Balaban J connectivity index is 1.83. The first-order valence-electron chi connectivity index (χ1n) is 7.75. The Labute approximate surface area is 136 Å². The maximum Gasteiger partial charge on any atom is 0.242 e. The third-order valence-electron chi connectivity index (χ3n) is 3.89. The van der Waals surface area contributed by atoms with Crippen molar-refractivity contribution < 1.29 is 9.90 Å². The van der Waals surface area contributed by atoms with Gasteiger partial charge in [-0.25, -0.2) is 4.98 Å². The van der Waals surface area contributed by atoms with Crippen molar-refractivity contribution in [3.05, 3.63) is 23.9 Å². The van der Waals surface area contributed by atoms with Crippen molar-refractivity contribution in [1.82, 2.24) is 14.8 Å². The molecule has 1 amide bonds. The number of nitriles is 1. The summed E-state index contributed by atoms with van der Waals surface area (Å²) in [7, 11) is 1.82. The first-order valence-corrected chi connectivity index (χ1v) is 7.75. The van der Waals surface area contributed by atoms with Crippen molar-refractivity contribution in [1.29, 1.82) is 5.26 Å². The molecule has 1 aromatic rings. The molecule has 0 unspecified atom stereocenters. The number of carbonyl (C=O) groups excluding carboxylic acids is 1. The lowest BCUT2D eigenvalue weighted by molar-refractivity contribution is -0.131. The zero-order valence-corrected chi connectivity index (χ0v) is 13.6. The van der Waals surface area contributed by atoms with Crippen molar-refractivity contribution in [2.75, 3.05) is 51.2 Å². The molecule has 1 fully saturated rings. The number of aliphatic hydroxyl groups is 1. The molecule has 23 heavy (non-hydrogen) atoms. The van der Waals surface area contributed by atoms with Crippen LogP contribution in [0.25, 0.3) is 0 Å². The average Bonchev–Trinajstić information content (AvgIpc) is 2.55. The summed E-state index contributed by atoms with van der Waals surface area (Å²) in [5.41, 5.74) is 0.503. The maximum absolute atomic E-state index is 12.4. The van der Waals surface area contributed by atoms with E-state index < -0.39 is 0 Å². The van der Waals surface area contributed by atoms with Crippen molar-refractivity contribution in [3.8, 4) is 6.07 Å². The van der Waals surface area contributed by atoms with Crippen LogP contribution in [0.1, 0.15) is 12.5 Å². The van der Waals surface area contributed by atoms with Gasteiger partial charge in [-0.05, 0) is 19.1 Å². The van der Waals surface area contributed by atoms with Crippen molar-refractivity contribution in [2.24, 2.45) is 0 Å². The fourth-order valence-corrected chi connectivity index (χ4v) is 2.62. The zero-order valence-electron chi connectivity index (χ0n) is 13.6. The molecule has 1 atom stereocenters. The smallest absolute Gasteiger partial charge is 0.242 e. The maximum atomic E-state index is 12.4. The number of aliphatic hydroxyl groups excluding tert-OH is 1. The number of nitrogens with zero attached hydrogens (tertiary/aromatic N) is 5. The highest BCUT2D eigenvalue weighted by molar-refractivity contribution is 5.81. The number of piperazine rings is 1. The van der Waals surface area contributed by atoms with Crippen LogP contribution < -0.4 is 4.90 Å². The molecule has 7 heteroatoms. The van der Waals surface area contributed by atoms with Crippen LogP contribution >= 0.6 is 0 Å². The summed E-state index contributed by atoms with van der Waals surface area (Å²) >= 11 is 0. The van der Waals surface area contributed by atoms with E-state index in [0.717, 1.165) is 13.1 Å². The predicted molar refractivity (Wildman–Crippen MR) is 86.9 cm³/mol. The third-order valence-corrected chi connectivity index (χ3v) is 3.89. The summed E-state index contributed by atoms with van der Waals surface area (Å²) in [6.45, 7) is 5.62. The Kier molecular flexibility index (Phi) is 5.90. The van der Waals surface area contributed by atoms with E-state index in [-0.39, 0.29) is 18.6 Å². The highest BCUT2D eigenvalue weighted by Crippen LogP contribution is 2.10. The van der Waals surface area contributed by atoms with Crippen LogP contribution in [0.4, 0.5) is 5.82 Å². The van der Waals surface area contributed by atoms with Gasteiger partial charge in [0.1, 0.15) is 11.9 Å². The lowest BCUT2D eigenvalue weighted by Gasteiger charge is -2.36. The molecule has 1 aliphatic heterocycles. The minimum atomic E-state index is -0.342. The first-order chi connectivity index (χ1) is 11.0. The SMILES string of the molecule is C[C@@H](O)CN1CCN(C(=O)CN(C)c2ccc(C#N)cn2)CC1. The molecule has 124 valence electrons. The fraction of sp³-hybridized carbons (Fsp3) is 0.562. The van der Waals surface area contributed by atoms with Crippen molar-refractivity contribution >= 4 is 11.7 Å². The van der Waals surface area contributed by atoms with Crippen LogP contribution in [-0.2, 0) is 4.79 Å². The van der Waals surface area contributed by atoms with Crippen LogP contribution in [-0.4, -0.2) is 78.2 Å². The first kappa shape index (κ1) is 17.2. The number of hydrogen-bond donors (Lipinski definition) is 1. The summed E-state index contributed by atoms with van der Waals surface area (Å²) in [6, 6.07) is 5.46. The quantitative estimate of drug-likeness (QED) is 0.817. The minimum Gasteiger partial charge on any atom is -0.392 e. The Morgan fingerprint density at radius 2 is 2.13 bits per heavy atom. The normalized spacial score (nSPS) is 16.7. The fourth-order valence-electron chi connectivity index (χ4n) is 2.62. The van der Waals surface area contributed by atoms with E-state index in [4.69, 9.17) is 5.26 Å². The summed E-state index contributed by atoms with van der Waals surface area (Å²) in [4.78, 5) is 22.4. The molecule has 0 bridgehead atoms. The van der Waals surface area contributed by atoms with E-state index >= 15 is 0 Å². The summed E-state index contributed by atoms with van der Waals surface area (Å²) in [5, 5.41) is 18.2. The van der Waals surface area contributed by atoms with Gasteiger partial charge in [0.25, 0.3) is 0 Å². The van der Waals surface area contributed by atoms with Gasteiger partial charge < -0.3 is 14.9 Å². The van der Waals surface area contributed by atoms with Gasteiger partial charge in [-0.15, -0.1) is 0 Å². The molecule has 0 aromatic carbocycles. The minimum absolute atomic E-state index is 0.0651. The molecule has 1 N–H and O–H groups in total. The average molecular weight is 317 g/mol. The zero-order chi connectivity index (χ0) is 16.8. The van der Waals surface area contributed by atoms with Gasteiger partial charge in [0, 0.05) is 46.0 Å². The van der Waals surface area contributed by atoms with Crippen LogP contribution in [0.2, 0.25) is 0 Å². The molecule has 2 heterocycles. The van der Waals surface area contributed by atoms with E-state index in [9.17, 15) is 9.90 Å². The van der Waals surface area contributed by atoms with Gasteiger partial charge in [0.2, 0.25) is 5.91 Å². The van der Waals surface area contributed by atoms with Crippen LogP contribution in [0.3, 0.4) is 0 Å². The highest BCUT2D eigenvalue weighted by atomic mass is 16.3. The second-order valence-electron chi connectivity index (χ2n) is 5.90. The number of likely N-dealkylation sites (N-methyl/N-ethyl adjacent to an activating group) is 1. The van der Waals surface area contributed by atoms with E-state index in [1.807, 2.05) is 18.0 Å². The number of β-amino-alcohol motifs (C(OH)–C–C–N with tert-alkyl or cyclic N) is 1. The van der Waals surface area contributed by atoms with Gasteiger partial charge in [-0.3, -0.25) is 9.69 Å². The Morgan fingerprint density at radius 1 is 1.43 bits per heavy atom. The number of rotatable bonds is 5. The molecule has 0 radical (unpaired) electrons. The second-order valence-corrected chi connectivity index (χ2v) is 5.90. The van der Waals surface area contributed by atoms with Crippen molar-refractivity contribution in [2.45, 2.75) is 13.0 Å². The van der Waals surface area contributed by atoms with Crippen molar-refractivity contribution in [3.63, 3.8) is 0 Å². The highest BCUT2D eigenvalue weighted by Gasteiger charge is 2.22. The van der Waals surface area contributed by atoms with Gasteiger partial charge in [-0.2, -0.15) is 5.26 Å². The topological polar surface area (TPSA) is 83.7 Å². The number of aromatic nitrogens is 1. The lowest BCUT2D eigenvalue weighted by Crippen LogP contribution is -2.52. The molecule has 7 nitrogen and oxygen atoms in total. The molecular weight excluding hydrogens is 294 g/mol. The van der Waals surface area contributed by atoms with E-state index in [2.05, 4.69) is 9.88 Å². The largest absolute Gasteiger partial charge is 0.392 e. The second kappa shape index (κ2) is 7.90.